The third kappa shape index (κ3) is 2.93. The monoisotopic (exact) mass is 285 g/mol. The van der Waals surface area contributed by atoms with Crippen molar-refractivity contribution in [1.82, 2.24) is 0 Å². The lowest BCUT2D eigenvalue weighted by molar-refractivity contribution is -0.0102. The number of rotatable bonds is 3. The van der Waals surface area contributed by atoms with Crippen molar-refractivity contribution in [2.45, 2.75) is 38.7 Å². The van der Waals surface area contributed by atoms with Gasteiger partial charge in [-0.1, -0.05) is 37.4 Å². The molecule has 3 N–H and O–H groups in total. The average Bonchev–Trinajstić information content (AvgIpc) is 2.39. The highest BCUT2D eigenvalue weighted by molar-refractivity contribution is 6.30. The summed E-state index contributed by atoms with van der Waals surface area (Å²) in [7, 11) is 0. The van der Waals surface area contributed by atoms with Crippen molar-refractivity contribution in [1.29, 1.82) is 0 Å². The molecule has 4 heteroatoms. The molecule has 1 unspecified atom stereocenters. The van der Waals surface area contributed by atoms with Crippen LogP contribution in [0.1, 0.15) is 44.3 Å². The lowest BCUT2D eigenvalue weighted by Crippen LogP contribution is -2.40. The zero-order valence-electron chi connectivity index (χ0n) is 11.2. The van der Waals surface area contributed by atoms with E-state index in [2.05, 4.69) is 6.92 Å². The molecule has 106 valence electrons. The summed E-state index contributed by atoms with van der Waals surface area (Å²) in [6, 6.07) is 4.42. The van der Waals surface area contributed by atoms with Gasteiger partial charge in [0.1, 0.15) is 5.82 Å². The molecule has 19 heavy (non-hydrogen) atoms. The van der Waals surface area contributed by atoms with Gasteiger partial charge in [0.2, 0.25) is 0 Å². The van der Waals surface area contributed by atoms with Crippen LogP contribution < -0.4 is 5.73 Å². The molecule has 1 aromatic carbocycles. The van der Waals surface area contributed by atoms with Crippen LogP contribution in [0.3, 0.4) is 0 Å². The third-order valence-corrected chi connectivity index (χ3v) is 4.75. The summed E-state index contributed by atoms with van der Waals surface area (Å²) >= 11 is 5.75. The number of hydrogen-bond donors (Lipinski definition) is 2. The van der Waals surface area contributed by atoms with E-state index in [9.17, 15) is 9.50 Å². The Morgan fingerprint density at radius 3 is 2.63 bits per heavy atom. The van der Waals surface area contributed by atoms with Crippen molar-refractivity contribution in [2.75, 3.05) is 6.54 Å². The molecule has 0 aromatic heterocycles. The molecule has 0 saturated heterocycles. The molecule has 0 spiro atoms. The second-order valence-electron chi connectivity index (χ2n) is 5.82. The fourth-order valence-corrected chi connectivity index (χ4v) is 3.14. The minimum Gasteiger partial charge on any atom is -0.388 e. The largest absolute Gasteiger partial charge is 0.388 e. The Hall–Kier alpha value is -0.640. The minimum atomic E-state index is -0.859. The van der Waals surface area contributed by atoms with E-state index in [-0.39, 0.29) is 0 Å². The summed E-state index contributed by atoms with van der Waals surface area (Å²) in [4.78, 5) is 0. The second-order valence-corrected chi connectivity index (χ2v) is 6.25. The van der Waals surface area contributed by atoms with Gasteiger partial charge < -0.3 is 10.8 Å². The molecule has 1 aromatic rings. The number of halogens is 2. The molecule has 1 aliphatic rings. The Bertz CT molecular complexity index is 444. The van der Waals surface area contributed by atoms with Crippen molar-refractivity contribution in [3.8, 4) is 0 Å². The maximum Gasteiger partial charge on any atom is 0.130 e. The number of nitrogens with two attached hydrogens (primary N) is 1. The number of benzene rings is 1. The zero-order chi connectivity index (χ0) is 14.0. The lowest BCUT2D eigenvalue weighted by Gasteiger charge is -2.42. The fourth-order valence-electron chi connectivity index (χ4n) is 2.98. The summed E-state index contributed by atoms with van der Waals surface area (Å²) < 4.78 is 14.0. The smallest absolute Gasteiger partial charge is 0.130 e. The first kappa shape index (κ1) is 14.8. The molecule has 1 atom stereocenters. The van der Waals surface area contributed by atoms with Gasteiger partial charge in [0, 0.05) is 22.5 Å². The first-order chi connectivity index (χ1) is 8.98. The average molecular weight is 286 g/mol. The summed E-state index contributed by atoms with van der Waals surface area (Å²) in [5.41, 5.74) is 5.80. The van der Waals surface area contributed by atoms with Crippen LogP contribution in [0.25, 0.3) is 0 Å². The van der Waals surface area contributed by atoms with Crippen LogP contribution in [-0.4, -0.2) is 11.7 Å². The first-order valence-corrected chi connectivity index (χ1v) is 7.19. The van der Waals surface area contributed by atoms with E-state index < -0.39 is 17.3 Å². The van der Waals surface area contributed by atoms with Crippen LogP contribution in [0.5, 0.6) is 0 Å². The summed E-state index contributed by atoms with van der Waals surface area (Å²) in [5, 5.41) is 10.9. The topological polar surface area (TPSA) is 46.2 Å². The molecule has 0 heterocycles. The second kappa shape index (κ2) is 5.78. The van der Waals surface area contributed by atoms with Crippen LogP contribution in [0.4, 0.5) is 4.39 Å². The zero-order valence-corrected chi connectivity index (χ0v) is 12.0. The van der Waals surface area contributed by atoms with Crippen molar-refractivity contribution >= 4 is 11.6 Å². The standard InChI is InChI=1S/C15H21ClFNO/c1-10-4-6-15(9-18,7-5-10)14(19)12-3-2-11(16)8-13(12)17/h2-3,8,10,14,19H,4-7,9,18H2,1H3. The van der Waals surface area contributed by atoms with E-state index in [1.807, 2.05) is 0 Å². The number of hydrogen-bond acceptors (Lipinski definition) is 2. The normalized spacial score (nSPS) is 29.2. The first-order valence-electron chi connectivity index (χ1n) is 6.81. The van der Waals surface area contributed by atoms with Crippen LogP contribution in [0.15, 0.2) is 18.2 Å². The van der Waals surface area contributed by atoms with E-state index in [1.54, 1.807) is 12.1 Å². The Balaban J connectivity index is 2.27. The Morgan fingerprint density at radius 1 is 1.47 bits per heavy atom. The van der Waals surface area contributed by atoms with Crippen LogP contribution in [0, 0.1) is 17.2 Å². The minimum absolute atomic E-state index is 0.310. The summed E-state index contributed by atoms with van der Waals surface area (Å²) in [6.07, 6.45) is 2.89. The van der Waals surface area contributed by atoms with Crippen LogP contribution in [-0.2, 0) is 0 Å². The van der Waals surface area contributed by atoms with Gasteiger partial charge in [-0.05, 0) is 30.9 Å². The van der Waals surface area contributed by atoms with E-state index in [0.717, 1.165) is 25.7 Å². The SMILES string of the molecule is CC1CCC(CN)(C(O)c2ccc(Cl)cc2F)CC1. The maximum absolute atomic E-state index is 14.0. The van der Waals surface area contributed by atoms with Gasteiger partial charge in [0.05, 0.1) is 6.10 Å². The molecule has 0 aliphatic heterocycles. The maximum atomic E-state index is 14.0. The van der Waals surface area contributed by atoms with Gasteiger partial charge in [0.15, 0.2) is 0 Å². The van der Waals surface area contributed by atoms with Crippen LogP contribution >= 0.6 is 11.6 Å². The molecular weight excluding hydrogens is 265 g/mol. The third-order valence-electron chi connectivity index (χ3n) is 4.51. The lowest BCUT2D eigenvalue weighted by atomic mass is 9.66. The molecule has 1 aliphatic carbocycles. The summed E-state index contributed by atoms with van der Waals surface area (Å²) in [6.45, 7) is 2.58. The molecule has 0 amide bonds. The molecule has 0 radical (unpaired) electrons. The van der Waals surface area contributed by atoms with Gasteiger partial charge in [-0.15, -0.1) is 0 Å². The highest BCUT2D eigenvalue weighted by Gasteiger charge is 2.41. The highest BCUT2D eigenvalue weighted by Crippen LogP contribution is 2.47. The Labute approximate surface area is 118 Å². The Morgan fingerprint density at radius 2 is 2.11 bits per heavy atom. The summed E-state index contributed by atoms with van der Waals surface area (Å²) in [5.74, 6) is 0.202. The fraction of sp³-hybridized carbons (Fsp3) is 0.600. The van der Waals surface area contributed by atoms with E-state index in [0.29, 0.717) is 23.0 Å². The van der Waals surface area contributed by atoms with Crippen molar-refractivity contribution in [2.24, 2.45) is 17.1 Å². The molecule has 1 fully saturated rings. The quantitative estimate of drug-likeness (QED) is 0.890. The number of aliphatic hydroxyl groups excluding tert-OH is 1. The van der Waals surface area contributed by atoms with Gasteiger partial charge in [-0.3, -0.25) is 0 Å². The van der Waals surface area contributed by atoms with Crippen molar-refractivity contribution < 1.29 is 9.50 Å². The molecule has 2 nitrogen and oxygen atoms in total. The van der Waals surface area contributed by atoms with Crippen LogP contribution in [0.2, 0.25) is 5.02 Å². The van der Waals surface area contributed by atoms with Gasteiger partial charge in [0.25, 0.3) is 0 Å². The van der Waals surface area contributed by atoms with E-state index in [1.165, 1.54) is 6.07 Å². The number of aliphatic hydroxyl groups is 1. The van der Waals surface area contributed by atoms with Gasteiger partial charge >= 0.3 is 0 Å². The molecule has 0 bridgehead atoms. The molecule has 1 saturated carbocycles. The van der Waals surface area contributed by atoms with E-state index in [4.69, 9.17) is 17.3 Å². The predicted molar refractivity (Wildman–Crippen MR) is 75.5 cm³/mol. The Kier molecular flexibility index (Phi) is 4.49. The van der Waals surface area contributed by atoms with E-state index >= 15 is 0 Å². The molecule has 2 rings (SSSR count). The van der Waals surface area contributed by atoms with Gasteiger partial charge in [-0.2, -0.15) is 0 Å². The highest BCUT2D eigenvalue weighted by atomic mass is 35.5. The van der Waals surface area contributed by atoms with Crippen molar-refractivity contribution in [3.63, 3.8) is 0 Å². The van der Waals surface area contributed by atoms with Gasteiger partial charge in [-0.25, -0.2) is 4.39 Å². The van der Waals surface area contributed by atoms with Crippen molar-refractivity contribution in [3.05, 3.63) is 34.6 Å². The molecular formula is C15H21ClFNO. The predicted octanol–water partition coefficient (Wildman–Crippen LogP) is 3.67.